The number of carbonyl (C=O) groups excluding carboxylic acids is 2. The van der Waals surface area contributed by atoms with Crippen LogP contribution >= 0.6 is 0 Å². The molecular formula is C20H26N4O4. The van der Waals surface area contributed by atoms with E-state index in [0.717, 1.165) is 57.1 Å². The Morgan fingerprint density at radius 2 is 1.79 bits per heavy atom. The van der Waals surface area contributed by atoms with E-state index < -0.39 is 5.54 Å². The number of nitrogens with one attached hydrogen (secondary N) is 1. The topological polar surface area (TPSA) is 74.4 Å². The van der Waals surface area contributed by atoms with Gasteiger partial charge in [0.25, 0.3) is 5.91 Å². The molecule has 5 rings (SSSR count). The predicted molar refractivity (Wildman–Crippen MR) is 101 cm³/mol. The standard InChI is InChI=1S/C20H26N4O4/c1-20(15-3-4-15)18(25)24(19(26)21-20)12-23-8-6-22(7-9-23)11-14-2-5-16-17(10-14)28-13-27-16/h2,5,10,15H,3-4,6-9,11-13H2,1H3,(H,21,26)/t20-/m1/s1. The number of benzene rings is 1. The normalized spacial score (nSPS) is 28.1. The molecule has 1 N–H and O–H groups in total. The van der Waals surface area contributed by atoms with E-state index in [1.165, 1.54) is 10.5 Å². The minimum Gasteiger partial charge on any atom is -0.454 e. The molecule has 0 spiro atoms. The van der Waals surface area contributed by atoms with E-state index in [1.54, 1.807) is 0 Å². The van der Waals surface area contributed by atoms with E-state index in [4.69, 9.17) is 9.47 Å². The Hall–Kier alpha value is -2.32. The lowest BCUT2D eigenvalue weighted by molar-refractivity contribution is -0.133. The van der Waals surface area contributed by atoms with Crippen LogP contribution < -0.4 is 14.8 Å². The molecule has 1 aliphatic carbocycles. The van der Waals surface area contributed by atoms with E-state index in [9.17, 15) is 9.59 Å². The fraction of sp³-hybridized carbons (Fsp3) is 0.600. The molecule has 3 heterocycles. The van der Waals surface area contributed by atoms with Crippen LogP contribution in [0.15, 0.2) is 18.2 Å². The average molecular weight is 386 g/mol. The average Bonchev–Trinajstić information content (AvgIpc) is 3.41. The highest BCUT2D eigenvalue weighted by Crippen LogP contribution is 2.42. The molecule has 1 aromatic rings. The lowest BCUT2D eigenvalue weighted by atomic mass is 9.96. The Bertz CT molecular complexity index is 803. The fourth-order valence-electron chi connectivity index (χ4n) is 4.37. The molecule has 0 unspecified atom stereocenters. The van der Waals surface area contributed by atoms with Crippen molar-refractivity contribution in [2.75, 3.05) is 39.6 Å². The number of amides is 3. The smallest absolute Gasteiger partial charge is 0.326 e. The Balaban J connectivity index is 1.14. The van der Waals surface area contributed by atoms with E-state index in [1.807, 2.05) is 19.1 Å². The maximum absolute atomic E-state index is 12.8. The van der Waals surface area contributed by atoms with Gasteiger partial charge in [0.2, 0.25) is 6.79 Å². The van der Waals surface area contributed by atoms with Gasteiger partial charge < -0.3 is 14.8 Å². The summed E-state index contributed by atoms with van der Waals surface area (Å²) in [6.45, 7) is 6.87. The van der Waals surface area contributed by atoms with Crippen molar-refractivity contribution in [3.63, 3.8) is 0 Å². The summed E-state index contributed by atoms with van der Waals surface area (Å²) >= 11 is 0. The molecule has 150 valence electrons. The monoisotopic (exact) mass is 386 g/mol. The van der Waals surface area contributed by atoms with Crippen LogP contribution in [0.5, 0.6) is 11.5 Å². The van der Waals surface area contributed by atoms with Gasteiger partial charge in [-0.2, -0.15) is 0 Å². The van der Waals surface area contributed by atoms with E-state index in [2.05, 4.69) is 21.2 Å². The minimum atomic E-state index is -0.696. The first kappa shape index (κ1) is 17.8. The van der Waals surface area contributed by atoms with Crippen LogP contribution in [-0.2, 0) is 11.3 Å². The van der Waals surface area contributed by atoms with Gasteiger partial charge in [-0.15, -0.1) is 0 Å². The minimum absolute atomic E-state index is 0.0669. The van der Waals surface area contributed by atoms with Crippen LogP contribution in [-0.4, -0.2) is 71.8 Å². The van der Waals surface area contributed by atoms with Crippen molar-refractivity contribution in [3.8, 4) is 11.5 Å². The molecule has 3 aliphatic heterocycles. The van der Waals surface area contributed by atoms with Crippen LogP contribution in [0.4, 0.5) is 4.79 Å². The van der Waals surface area contributed by atoms with Crippen molar-refractivity contribution in [2.24, 2.45) is 5.92 Å². The number of ether oxygens (including phenoxy) is 2. The number of imide groups is 1. The number of nitrogens with zero attached hydrogens (tertiary/aromatic N) is 3. The summed E-state index contributed by atoms with van der Waals surface area (Å²) in [5.41, 5.74) is 0.505. The quantitative estimate of drug-likeness (QED) is 0.767. The number of hydrogen-bond donors (Lipinski definition) is 1. The van der Waals surface area contributed by atoms with Gasteiger partial charge in [0.15, 0.2) is 11.5 Å². The molecule has 1 aromatic carbocycles. The molecule has 3 fully saturated rings. The molecular weight excluding hydrogens is 360 g/mol. The van der Waals surface area contributed by atoms with Crippen LogP contribution in [0.3, 0.4) is 0 Å². The van der Waals surface area contributed by atoms with Crippen LogP contribution in [0.2, 0.25) is 0 Å². The molecule has 0 radical (unpaired) electrons. The second-order valence-corrected chi connectivity index (χ2v) is 8.36. The van der Waals surface area contributed by atoms with Crippen molar-refractivity contribution in [1.29, 1.82) is 0 Å². The first-order chi connectivity index (χ1) is 13.5. The molecule has 0 bridgehead atoms. The van der Waals surface area contributed by atoms with Crippen LogP contribution in [0.25, 0.3) is 0 Å². The Labute approximate surface area is 164 Å². The number of hydrogen-bond acceptors (Lipinski definition) is 6. The number of piperazine rings is 1. The summed E-state index contributed by atoms with van der Waals surface area (Å²) in [6.07, 6.45) is 2.05. The van der Waals surface area contributed by atoms with E-state index in [0.29, 0.717) is 19.4 Å². The Morgan fingerprint density at radius 3 is 2.54 bits per heavy atom. The first-order valence-corrected chi connectivity index (χ1v) is 10.0. The molecule has 4 aliphatic rings. The zero-order valence-electron chi connectivity index (χ0n) is 16.1. The van der Waals surface area contributed by atoms with Gasteiger partial charge in [0.1, 0.15) is 5.54 Å². The molecule has 28 heavy (non-hydrogen) atoms. The molecule has 8 heteroatoms. The van der Waals surface area contributed by atoms with Gasteiger partial charge in [-0.05, 0) is 43.4 Å². The zero-order valence-corrected chi connectivity index (χ0v) is 16.1. The lowest BCUT2D eigenvalue weighted by Gasteiger charge is -2.36. The van der Waals surface area contributed by atoms with Gasteiger partial charge in [-0.3, -0.25) is 14.6 Å². The molecule has 0 aromatic heterocycles. The highest BCUT2D eigenvalue weighted by molar-refractivity contribution is 6.07. The Morgan fingerprint density at radius 1 is 1.07 bits per heavy atom. The number of carbonyl (C=O) groups is 2. The van der Waals surface area contributed by atoms with Crippen molar-refractivity contribution in [2.45, 2.75) is 31.8 Å². The maximum atomic E-state index is 12.8. The van der Waals surface area contributed by atoms with Gasteiger partial charge in [0, 0.05) is 32.7 Å². The summed E-state index contributed by atoms with van der Waals surface area (Å²) in [5.74, 6) is 1.85. The SMILES string of the molecule is C[C@]1(C2CC2)NC(=O)N(CN2CCN(Cc3ccc4c(c3)OCO4)CC2)C1=O. The maximum Gasteiger partial charge on any atom is 0.326 e. The summed E-state index contributed by atoms with van der Waals surface area (Å²) in [4.78, 5) is 31.1. The summed E-state index contributed by atoms with van der Waals surface area (Å²) < 4.78 is 10.8. The fourth-order valence-corrected chi connectivity index (χ4v) is 4.37. The van der Waals surface area contributed by atoms with Crippen molar-refractivity contribution in [1.82, 2.24) is 20.0 Å². The van der Waals surface area contributed by atoms with Gasteiger partial charge in [-0.25, -0.2) is 9.69 Å². The summed E-state index contributed by atoms with van der Waals surface area (Å²) in [7, 11) is 0. The van der Waals surface area contributed by atoms with Crippen LogP contribution in [0.1, 0.15) is 25.3 Å². The second-order valence-electron chi connectivity index (χ2n) is 8.36. The van der Waals surface area contributed by atoms with E-state index >= 15 is 0 Å². The van der Waals surface area contributed by atoms with Gasteiger partial charge in [0.05, 0.1) is 6.67 Å². The highest BCUT2D eigenvalue weighted by Gasteiger charge is 2.56. The highest BCUT2D eigenvalue weighted by atomic mass is 16.7. The second kappa shape index (κ2) is 6.63. The van der Waals surface area contributed by atoms with Gasteiger partial charge >= 0.3 is 6.03 Å². The molecule has 1 atom stereocenters. The van der Waals surface area contributed by atoms with Crippen molar-refractivity contribution in [3.05, 3.63) is 23.8 Å². The third-order valence-electron chi connectivity index (χ3n) is 6.34. The predicted octanol–water partition coefficient (Wildman–Crippen LogP) is 1.21. The third kappa shape index (κ3) is 3.10. The summed E-state index contributed by atoms with van der Waals surface area (Å²) in [5, 5.41) is 2.92. The largest absolute Gasteiger partial charge is 0.454 e. The Kier molecular flexibility index (Phi) is 4.21. The third-order valence-corrected chi connectivity index (χ3v) is 6.34. The van der Waals surface area contributed by atoms with Crippen molar-refractivity contribution < 1.29 is 19.1 Å². The molecule has 8 nitrogen and oxygen atoms in total. The number of fused-ring (bicyclic) bond motifs is 1. The first-order valence-electron chi connectivity index (χ1n) is 10.0. The van der Waals surface area contributed by atoms with Crippen molar-refractivity contribution >= 4 is 11.9 Å². The van der Waals surface area contributed by atoms with Gasteiger partial charge in [-0.1, -0.05) is 6.07 Å². The van der Waals surface area contributed by atoms with E-state index in [-0.39, 0.29) is 11.9 Å². The molecule has 3 amide bonds. The molecule has 2 saturated heterocycles. The van der Waals surface area contributed by atoms with Crippen LogP contribution in [0, 0.1) is 5.92 Å². The zero-order chi connectivity index (χ0) is 19.3. The number of urea groups is 1. The molecule has 1 saturated carbocycles. The summed E-state index contributed by atoms with van der Waals surface area (Å²) in [6, 6.07) is 5.83. The lowest BCUT2D eigenvalue weighted by Crippen LogP contribution is -2.51. The number of rotatable bonds is 5.